The third-order valence-electron chi connectivity index (χ3n) is 3.97. The van der Waals surface area contributed by atoms with Gasteiger partial charge in [0.1, 0.15) is 0 Å². The van der Waals surface area contributed by atoms with Crippen molar-refractivity contribution < 1.29 is 9.53 Å². The van der Waals surface area contributed by atoms with E-state index in [1.807, 2.05) is 19.4 Å². The maximum absolute atomic E-state index is 11.8. The normalized spacial score (nSPS) is 15.8. The van der Waals surface area contributed by atoms with Crippen LogP contribution in [-0.4, -0.2) is 48.1 Å². The molecule has 24 heavy (non-hydrogen) atoms. The molecule has 2 heterocycles. The lowest BCUT2D eigenvalue weighted by Crippen LogP contribution is -2.46. The summed E-state index contributed by atoms with van der Waals surface area (Å²) in [6.45, 7) is 9.53. The molecule has 1 aromatic heterocycles. The zero-order chi connectivity index (χ0) is 16.7. The number of thiazole rings is 1. The van der Waals surface area contributed by atoms with Crippen molar-refractivity contribution in [1.29, 1.82) is 0 Å². The summed E-state index contributed by atoms with van der Waals surface area (Å²) in [5.74, 6) is 0.884. The number of guanidine groups is 1. The first-order valence-electron chi connectivity index (χ1n) is 8.24. The standard InChI is InChI=1S/C16H26N4O2S.HI/c1-4-17-16(18-10-14-12(3)19-11-23-14)20-8-6-13(7-9-20)15(21)22-5-2;/h11,13H,4-10H2,1-3H3,(H,17,18);1H. The smallest absolute Gasteiger partial charge is 0.309 e. The van der Waals surface area contributed by atoms with E-state index in [2.05, 4.69) is 22.1 Å². The molecular weight excluding hydrogens is 439 g/mol. The topological polar surface area (TPSA) is 66.8 Å². The van der Waals surface area contributed by atoms with Crippen LogP contribution in [0.2, 0.25) is 0 Å². The number of ether oxygens (including phenoxy) is 1. The Morgan fingerprint density at radius 2 is 2.17 bits per heavy atom. The Morgan fingerprint density at radius 1 is 1.46 bits per heavy atom. The average molecular weight is 466 g/mol. The maximum Gasteiger partial charge on any atom is 0.309 e. The number of hydrogen-bond acceptors (Lipinski definition) is 5. The number of nitrogens with zero attached hydrogens (tertiary/aromatic N) is 3. The molecule has 1 saturated heterocycles. The molecule has 6 nitrogen and oxygen atoms in total. The second kappa shape index (κ2) is 10.9. The van der Waals surface area contributed by atoms with Crippen LogP contribution in [0, 0.1) is 12.8 Å². The summed E-state index contributed by atoms with van der Waals surface area (Å²) >= 11 is 1.64. The second-order valence-corrected chi connectivity index (χ2v) is 6.48. The van der Waals surface area contributed by atoms with E-state index >= 15 is 0 Å². The van der Waals surface area contributed by atoms with Crippen molar-refractivity contribution in [2.75, 3.05) is 26.2 Å². The van der Waals surface area contributed by atoms with E-state index in [0.717, 1.165) is 44.1 Å². The van der Waals surface area contributed by atoms with Crippen LogP contribution >= 0.6 is 35.3 Å². The minimum atomic E-state index is -0.0608. The number of halogens is 1. The third kappa shape index (κ3) is 5.87. The first-order valence-corrected chi connectivity index (χ1v) is 9.12. The van der Waals surface area contributed by atoms with Gasteiger partial charge in [-0.3, -0.25) is 4.79 Å². The molecule has 1 aliphatic heterocycles. The number of hydrogen-bond donors (Lipinski definition) is 1. The summed E-state index contributed by atoms with van der Waals surface area (Å²) in [4.78, 5) is 24.3. The molecule has 0 spiro atoms. The first-order chi connectivity index (χ1) is 11.2. The van der Waals surface area contributed by atoms with Crippen molar-refractivity contribution in [3.8, 4) is 0 Å². The molecule has 0 radical (unpaired) electrons. The molecule has 0 aliphatic carbocycles. The van der Waals surface area contributed by atoms with E-state index < -0.39 is 0 Å². The highest BCUT2D eigenvalue weighted by Crippen LogP contribution is 2.19. The molecule has 1 aromatic rings. The van der Waals surface area contributed by atoms with Gasteiger partial charge in [0.05, 0.1) is 30.3 Å². The van der Waals surface area contributed by atoms with Crippen molar-refractivity contribution in [1.82, 2.24) is 15.2 Å². The van der Waals surface area contributed by atoms with Gasteiger partial charge in [0.15, 0.2) is 5.96 Å². The number of aryl methyl sites for hydroxylation is 1. The molecule has 0 aromatic carbocycles. The fourth-order valence-corrected chi connectivity index (χ4v) is 3.34. The average Bonchev–Trinajstić information content (AvgIpc) is 2.97. The fraction of sp³-hybridized carbons (Fsp3) is 0.688. The lowest BCUT2D eigenvalue weighted by molar-refractivity contribution is -0.149. The van der Waals surface area contributed by atoms with Gasteiger partial charge in [-0.2, -0.15) is 0 Å². The minimum Gasteiger partial charge on any atom is -0.466 e. The van der Waals surface area contributed by atoms with Crippen molar-refractivity contribution >= 4 is 47.2 Å². The number of carbonyl (C=O) groups excluding carboxylic acids is 1. The second-order valence-electron chi connectivity index (χ2n) is 5.54. The van der Waals surface area contributed by atoms with Crippen molar-refractivity contribution in [2.24, 2.45) is 10.9 Å². The van der Waals surface area contributed by atoms with Crippen molar-refractivity contribution in [2.45, 2.75) is 40.2 Å². The molecule has 0 atom stereocenters. The molecule has 1 fully saturated rings. The van der Waals surface area contributed by atoms with Crippen LogP contribution in [0.5, 0.6) is 0 Å². The fourth-order valence-electron chi connectivity index (χ4n) is 2.64. The Balaban J connectivity index is 0.00000288. The van der Waals surface area contributed by atoms with Gasteiger partial charge in [0.2, 0.25) is 0 Å². The van der Waals surface area contributed by atoms with Crippen LogP contribution in [-0.2, 0) is 16.1 Å². The Hall–Kier alpha value is -0.900. The molecule has 0 bridgehead atoms. The molecular formula is C16H27IN4O2S. The van der Waals surface area contributed by atoms with Crippen LogP contribution in [0.4, 0.5) is 0 Å². The Bertz CT molecular complexity index is 542. The van der Waals surface area contributed by atoms with E-state index in [4.69, 9.17) is 9.73 Å². The molecule has 0 unspecified atom stereocenters. The predicted octanol–water partition coefficient (Wildman–Crippen LogP) is 2.81. The quantitative estimate of drug-likeness (QED) is 0.313. The van der Waals surface area contributed by atoms with Crippen molar-refractivity contribution in [3.63, 3.8) is 0 Å². The molecule has 0 amide bonds. The summed E-state index contributed by atoms with van der Waals surface area (Å²) < 4.78 is 5.13. The van der Waals surface area contributed by atoms with E-state index in [1.54, 1.807) is 11.3 Å². The lowest BCUT2D eigenvalue weighted by Gasteiger charge is -2.33. The van der Waals surface area contributed by atoms with Crippen LogP contribution in [0.15, 0.2) is 10.5 Å². The summed E-state index contributed by atoms with van der Waals surface area (Å²) in [6, 6.07) is 0. The van der Waals surface area contributed by atoms with Crippen LogP contribution in [0.25, 0.3) is 0 Å². The van der Waals surface area contributed by atoms with Gasteiger partial charge < -0.3 is 15.0 Å². The van der Waals surface area contributed by atoms with Gasteiger partial charge in [-0.15, -0.1) is 35.3 Å². The number of carbonyl (C=O) groups is 1. The highest BCUT2D eigenvalue weighted by atomic mass is 127. The summed E-state index contributed by atoms with van der Waals surface area (Å²) in [5.41, 5.74) is 2.91. The molecule has 0 saturated carbocycles. The van der Waals surface area contributed by atoms with E-state index in [9.17, 15) is 4.79 Å². The number of esters is 1. The highest BCUT2D eigenvalue weighted by Gasteiger charge is 2.27. The number of likely N-dealkylation sites (tertiary alicyclic amines) is 1. The van der Waals surface area contributed by atoms with E-state index in [1.165, 1.54) is 4.88 Å². The van der Waals surface area contributed by atoms with Gasteiger partial charge in [0, 0.05) is 24.5 Å². The molecule has 1 aliphatic rings. The van der Waals surface area contributed by atoms with Gasteiger partial charge in [-0.25, -0.2) is 9.98 Å². The zero-order valence-electron chi connectivity index (χ0n) is 14.6. The molecule has 2 rings (SSSR count). The number of aliphatic imine (C=N–C) groups is 1. The number of aromatic nitrogens is 1. The summed E-state index contributed by atoms with van der Waals surface area (Å²) in [6.07, 6.45) is 1.64. The number of nitrogens with one attached hydrogen (secondary N) is 1. The Labute approximate surface area is 165 Å². The summed E-state index contributed by atoms with van der Waals surface area (Å²) in [5, 5.41) is 3.35. The monoisotopic (exact) mass is 466 g/mol. The lowest BCUT2D eigenvalue weighted by atomic mass is 9.97. The largest absolute Gasteiger partial charge is 0.466 e. The van der Waals surface area contributed by atoms with E-state index in [0.29, 0.717) is 13.2 Å². The van der Waals surface area contributed by atoms with Crippen LogP contribution < -0.4 is 5.32 Å². The molecule has 1 N–H and O–H groups in total. The van der Waals surface area contributed by atoms with Gasteiger partial charge in [0.25, 0.3) is 0 Å². The summed E-state index contributed by atoms with van der Waals surface area (Å²) in [7, 11) is 0. The molecule has 136 valence electrons. The SMILES string of the molecule is CCNC(=NCc1scnc1C)N1CCC(C(=O)OCC)CC1.I. The third-order valence-corrected chi connectivity index (χ3v) is 4.89. The Morgan fingerprint density at radius 3 is 2.71 bits per heavy atom. The number of piperidine rings is 1. The first kappa shape index (κ1) is 21.1. The molecule has 8 heteroatoms. The van der Waals surface area contributed by atoms with Crippen LogP contribution in [0.1, 0.15) is 37.3 Å². The van der Waals surface area contributed by atoms with Crippen LogP contribution in [0.3, 0.4) is 0 Å². The highest BCUT2D eigenvalue weighted by molar-refractivity contribution is 14.0. The zero-order valence-corrected chi connectivity index (χ0v) is 17.7. The minimum absolute atomic E-state index is 0. The van der Waals surface area contributed by atoms with Gasteiger partial charge in [-0.05, 0) is 33.6 Å². The van der Waals surface area contributed by atoms with Crippen molar-refractivity contribution in [3.05, 3.63) is 16.1 Å². The van der Waals surface area contributed by atoms with Gasteiger partial charge in [-0.1, -0.05) is 0 Å². The number of rotatable bonds is 5. The maximum atomic E-state index is 11.8. The Kier molecular flexibility index (Phi) is 9.57. The predicted molar refractivity (Wildman–Crippen MR) is 108 cm³/mol. The van der Waals surface area contributed by atoms with E-state index in [-0.39, 0.29) is 35.9 Å². The van der Waals surface area contributed by atoms with Gasteiger partial charge >= 0.3 is 5.97 Å².